The Balaban J connectivity index is 1.51. The van der Waals surface area contributed by atoms with Gasteiger partial charge in [-0.3, -0.25) is 4.79 Å². The van der Waals surface area contributed by atoms with Crippen molar-refractivity contribution in [2.45, 2.75) is 44.7 Å². The summed E-state index contributed by atoms with van der Waals surface area (Å²) in [6.45, 7) is 2.84. The van der Waals surface area contributed by atoms with Gasteiger partial charge in [0.25, 0.3) is 0 Å². The van der Waals surface area contributed by atoms with E-state index in [2.05, 4.69) is 5.32 Å². The fourth-order valence-electron chi connectivity index (χ4n) is 3.57. The average Bonchev–Trinajstić information content (AvgIpc) is 3.46. The van der Waals surface area contributed by atoms with Gasteiger partial charge >= 0.3 is 6.18 Å². The van der Waals surface area contributed by atoms with Crippen molar-refractivity contribution in [3.63, 3.8) is 0 Å². The smallest absolute Gasteiger partial charge is 0.416 e. The van der Waals surface area contributed by atoms with Gasteiger partial charge in [-0.15, -0.1) is 0 Å². The Morgan fingerprint density at radius 1 is 1.17 bits per heavy atom. The topological polar surface area (TPSA) is 38.3 Å². The monoisotopic (exact) mass is 405 g/mol. The van der Waals surface area contributed by atoms with Gasteiger partial charge < -0.3 is 10.1 Å². The van der Waals surface area contributed by atoms with Crippen molar-refractivity contribution in [1.29, 1.82) is 0 Å². The van der Waals surface area contributed by atoms with Crippen LogP contribution in [-0.2, 0) is 17.4 Å². The highest BCUT2D eigenvalue weighted by molar-refractivity contribution is 5.75. The molecule has 0 radical (unpaired) electrons. The first-order valence-electron chi connectivity index (χ1n) is 10.0. The van der Waals surface area contributed by atoms with Crippen LogP contribution in [0.2, 0.25) is 0 Å². The van der Waals surface area contributed by atoms with Gasteiger partial charge in [-0.05, 0) is 54.0 Å². The molecule has 0 spiro atoms. The lowest BCUT2D eigenvalue weighted by Gasteiger charge is -2.13. The number of alkyl halides is 3. The lowest BCUT2D eigenvalue weighted by molar-refractivity contribution is -0.138. The van der Waals surface area contributed by atoms with Crippen molar-refractivity contribution in [2.24, 2.45) is 5.92 Å². The van der Waals surface area contributed by atoms with Crippen LogP contribution in [0.25, 0.3) is 0 Å². The molecule has 0 bridgehead atoms. The van der Waals surface area contributed by atoms with E-state index >= 15 is 0 Å². The van der Waals surface area contributed by atoms with Gasteiger partial charge in [-0.2, -0.15) is 13.2 Å². The number of hydrogen-bond donors (Lipinski definition) is 1. The van der Waals surface area contributed by atoms with E-state index in [9.17, 15) is 18.0 Å². The van der Waals surface area contributed by atoms with Gasteiger partial charge in [0.05, 0.1) is 12.2 Å². The van der Waals surface area contributed by atoms with Gasteiger partial charge in [0.1, 0.15) is 5.75 Å². The number of ether oxygens (including phenoxy) is 1. The molecule has 156 valence electrons. The summed E-state index contributed by atoms with van der Waals surface area (Å²) >= 11 is 0. The number of halogens is 3. The minimum Gasteiger partial charge on any atom is -0.493 e. The molecule has 29 heavy (non-hydrogen) atoms. The van der Waals surface area contributed by atoms with Gasteiger partial charge in [0.2, 0.25) is 5.91 Å². The fraction of sp³-hybridized carbons (Fsp3) is 0.435. The van der Waals surface area contributed by atoms with E-state index in [4.69, 9.17) is 4.74 Å². The number of carbonyl (C=O) groups is 1. The van der Waals surface area contributed by atoms with Crippen molar-refractivity contribution < 1.29 is 22.7 Å². The molecule has 0 aromatic heterocycles. The Hall–Kier alpha value is -2.50. The summed E-state index contributed by atoms with van der Waals surface area (Å²) in [6, 6.07) is 13.3. The molecule has 0 heterocycles. The number of nitrogens with one attached hydrogen (secondary N) is 1. The van der Waals surface area contributed by atoms with E-state index in [1.165, 1.54) is 12.1 Å². The molecule has 0 unspecified atom stereocenters. The van der Waals surface area contributed by atoms with Gasteiger partial charge in [0, 0.05) is 19.4 Å². The van der Waals surface area contributed by atoms with Crippen LogP contribution in [0.5, 0.6) is 5.75 Å². The van der Waals surface area contributed by atoms with Gasteiger partial charge in [0.15, 0.2) is 0 Å². The molecule has 1 saturated carbocycles. The normalized spacial score (nSPS) is 18.3. The minimum atomic E-state index is -4.36. The Bertz CT molecular complexity index is 835. The second-order valence-corrected chi connectivity index (χ2v) is 7.48. The van der Waals surface area contributed by atoms with Crippen molar-refractivity contribution >= 4 is 5.91 Å². The second kappa shape index (κ2) is 9.33. The number of rotatable bonds is 9. The van der Waals surface area contributed by atoms with Gasteiger partial charge in [-0.25, -0.2) is 0 Å². The van der Waals surface area contributed by atoms with Crippen molar-refractivity contribution in [2.75, 3.05) is 13.2 Å². The molecule has 1 aliphatic carbocycles. The van der Waals surface area contributed by atoms with Crippen LogP contribution in [0.4, 0.5) is 13.2 Å². The van der Waals surface area contributed by atoms with Crippen LogP contribution >= 0.6 is 0 Å². The predicted octanol–water partition coefficient (Wildman–Crippen LogP) is 5.35. The Morgan fingerprint density at radius 2 is 1.97 bits per heavy atom. The van der Waals surface area contributed by atoms with E-state index in [-0.39, 0.29) is 24.5 Å². The van der Waals surface area contributed by atoms with Crippen molar-refractivity contribution in [3.05, 3.63) is 65.2 Å². The highest BCUT2D eigenvalue weighted by Gasteiger charge is 2.38. The number of hydrogen-bond acceptors (Lipinski definition) is 2. The summed E-state index contributed by atoms with van der Waals surface area (Å²) < 4.78 is 44.9. The third-order valence-electron chi connectivity index (χ3n) is 5.21. The SMILES string of the molecule is CCCC(=O)NC[C@@H]1C[C@H]1c1cccc(OCCc2ccccc2C(F)(F)F)c1. The predicted molar refractivity (Wildman–Crippen MR) is 106 cm³/mol. The van der Waals surface area contributed by atoms with Crippen LogP contribution in [0.1, 0.15) is 48.8 Å². The molecule has 0 aliphatic heterocycles. The highest BCUT2D eigenvalue weighted by Crippen LogP contribution is 2.47. The highest BCUT2D eigenvalue weighted by atomic mass is 19.4. The molecular formula is C23H26F3NO2. The summed E-state index contributed by atoms with van der Waals surface area (Å²) in [4.78, 5) is 11.6. The van der Waals surface area contributed by atoms with Gasteiger partial charge in [-0.1, -0.05) is 37.3 Å². The molecule has 6 heteroatoms. The van der Waals surface area contributed by atoms with Crippen LogP contribution in [0.3, 0.4) is 0 Å². The standard InChI is InChI=1S/C23H26F3NO2/c1-2-6-22(28)27-15-18-14-20(18)17-8-5-9-19(13-17)29-12-11-16-7-3-4-10-21(16)23(24,25)26/h3-5,7-10,13,18,20H,2,6,11-12,14-15H2,1H3,(H,27,28)/t18-,20-/m0/s1. The fourth-order valence-corrected chi connectivity index (χ4v) is 3.57. The quantitative estimate of drug-likeness (QED) is 0.611. The van der Waals surface area contributed by atoms with Crippen LogP contribution in [0, 0.1) is 5.92 Å². The largest absolute Gasteiger partial charge is 0.493 e. The summed E-state index contributed by atoms with van der Waals surface area (Å²) in [7, 11) is 0. The number of amides is 1. The molecule has 1 amide bonds. The van der Waals surface area contributed by atoms with E-state index in [1.807, 2.05) is 31.2 Å². The van der Waals surface area contributed by atoms with Crippen LogP contribution in [-0.4, -0.2) is 19.1 Å². The maximum Gasteiger partial charge on any atom is 0.416 e. The first-order chi connectivity index (χ1) is 13.9. The molecule has 2 atom stereocenters. The van der Waals surface area contributed by atoms with Crippen LogP contribution < -0.4 is 10.1 Å². The zero-order valence-corrected chi connectivity index (χ0v) is 16.5. The van der Waals surface area contributed by atoms with E-state index in [0.717, 1.165) is 24.5 Å². The minimum absolute atomic E-state index is 0.0920. The van der Waals surface area contributed by atoms with Crippen molar-refractivity contribution in [3.8, 4) is 5.75 Å². The summed E-state index contributed by atoms with van der Waals surface area (Å²) in [6.07, 6.45) is -1.75. The van der Waals surface area contributed by atoms with Crippen molar-refractivity contribution in [1.82, 2.24) is 5.32 Å². The number of benzene rings is 2. The Morgan fingerprint density at radius 3 is 2.72 bits per heavy atom. The van der Waals surface area contributed by atoms with Crippen LogP contribution in [0.15, 0.2) is 48.5 Å². The molecule has 1 aliphatic rings. The zero-order valence-electron chi connectivity index (χ0n) is 16.5. The summed E-state index contributed by atoms with van der Waals surface area (Å²) in [5.41, 5.74) is 0.775. The molecule has 0 saturated heterocycles. The molecule has 2 aromatic rings. The second-order valence-electron chi connectivity index (χ2n) is 7.48. The summed E-state index contributed by atoms with van der Waals surface area (Å²) in [5, 5.41) is 2.97. The Kier molecular flexibility index (Phi) is 6.83. The molecule has 3 nitrogen and oxygen atoms in total. The number of carbonyl (C=O) groups excluding carboxylic acids is 1. The maximum atomic E-state index is 13.1. The summed E-state index contributed by atoms with van der Waals surface area (Å²) in [5.74, 6) is 1.58. The third kappa shape index (κ3) is 5.99. The first kappa shape index (κ1) is 21.2. The Labute approximate surface area is 169 Å². The lowest BCUT2D eigenvalue weighted by Crippen LogP contribution is -2.25. The third-order valence-corrected chi connectivity index (χ3v) is 5.21. The molecule has 3 rings (SSSR count). The molecular weight excluding hydrogens is 379 g/mol. The average molecular weight is 405 g/mol. The lowest BCUT2D eigenvalue weighted by atomic mass is 10.0. The first-order valence-corrected chi connectivity index (χ1v) is 10.0. The molecule has 1 fully saturated rings. The van der Waals surface area contributed by atoms with E-state index in [0.29, 0.717) is 30.6 Å². The van der Waals surface area contributed by atoms with E-state index < -0.39 is 11.7 Å². The maximum absolute atomic E-state index is 13.1. The zero-order chi connectivity index (χ0) is 20.9. The molecule has 1 N–H and O–H groups in total. The molecule has 2 aromatic carbocycles. The van der Waals surface area contributed by atoms with E-state index in [1.54, 1.807) is 6.07 Å².